The Balaban J connectivity index is 2.23. The first kappa shape index (κ1) is 9.46. The Morgan fingerprint density at radius 2 is 2.43 bits per heavy atom. The van der Waals surface area contributed by atoms with Crippen molar-refractivity contribution in [2.75, 3.05) is 0 Å². The van der Waals surface area contributed by atoms with Crippen molar-refractivity contribution in [2.24, 2.45) is 5.73 Å². The first-order valence-corrected chi connectivity index (χ1v) is 5.14. The molecule has 0 aliphatic heterocycles. The average Bonchev–Trinajstić information content (AvgIpc) is 2.88. The van der Waals surface area contributed by atoms with Crippen LogP contribution in [0.2, 0.25) is 0 Å². The van der Waals surface area contributed by atoms with Gasteiger partial charge in [-0.3, -0.25) is 0 Å². The Hall–Kier alpha value is -1.09. The molecule has 1 unspecified atom stereocenters. The molecule has 2 N–H and O–H groups in total. The van der Waals surface area contributed by atoms with Gasteiger partial charge in [-0.1, -0.05) is 5.57 Å². The summed E-state index contributed by atoms with van der Waals surface area (Å²) in [4.78, 5) is 4.17. The number of rotatable bonds is 3. The standard InChI is InChI=1S/C11H17N3/c1-8(9(2)12)5-11-6-13-7-14(11)10-3-4-10/h5-7,9-10H,3-4,12H2,1-2H3. The van der Waals surface area contributed by atoms with E-state index in [1.807, 2.05) is 19.4 Å². The monoisotopic (exact) mass is 191 g/mol. The number of nitrogens with zero attached hydrogens (tertiary/aromatic N) is 2. The fourth-order valence-corrected chi connectivity index (χ4v) is 1.45. The number of hydrogen-bond donors (Lipinski definition) is 1. The molecule has 2 rings (SSSR count). The summed E-state index contributed by atoms with van der Waals surface area (Å²) in [6, 6.07) is 0.808. The van der Waals surface area contributed by atoms with Gasteiger partial charge in [0.2, 0.25) is 0 Å². The van der Waals surface area contributed by atoms with E-state index in [2.05, 4.69) is 22.6 Å². The quantitative estimate of drug-likeness (QED) is 0.793. The van der Waals surface area contributed by atoms with E-state index in [0.717, 1.165) is 0 Å². The van der Waals surface area contributed by atoms with Crippen molar-refractivity contribution in [3.05, 3.63) is 23.8 Å². The minimum Gasteiger partial charge on any atom is -0.328 e. The van der Waals surface area contributed by atoms with Crippen LogP contribution in [0, 0.1) is 0 Å². The SMILES string of the molecule is CC(=Cc1cncn1C1CC1)C(C)N. The third-order valence-electron chi connectivity index (χ3n) is 2.73. The zero-order chi connectivity index (χ0) is 10.1. The van der Waals surface area contributed by atoms with Crippen LogP contribution in [0.5, 0.6) is 0 Å². The second kappa shape index (κ2) is 3.58. The Kier molecular flexibility index (Phi) is 2.42. The van der Waals surface area contributed by atoms with Crippen LogP contribution in [0.4, 0.5) is 0 Å². The number of hydrogen-bond acceptors (Lipinski definition) is 2. The van der Waals surface area contributed by atoms with E-state index in [1.165, 1.54) is 24.1 Å². The zero-order valence-electron chi connectivity index (χ0n) is 8.77. The highest BCUT2D eigenvalue weighted by Crippen LogP contribution is 2.36. The van der Waals surface area contributed by atoms with Crippen LogP contribution in [0.3, 0.4) is 0 Å². The van der Waals surface area contributed by atoms with Gasteiger partial charge in [0.1, 0.15) is 0 Å². The van der Waals surface area contributed by atoms with Gasteiger partial charge in [0, 0.05) is 12.1 Å². The van der Waals surface area contributed by atoms with Gasteiger partial charge in [0.05, 0.1) is 18.2 Å². The molecule has 0 radical (unpaired) electrons. The van der Waals surface area contributed by atoms with Crippen LogP contribution in [-0.4, -0.2) is 15.6 Å². The van der Waals surface area contributed by atoms with Crippen LogP contribution in [0.1, 0.15) is 38.4 Å². The maximum Gasteiger partial charge on any atom is 0.0953 e. The summed E-state index contributed by atoms with van der Waals surface area (Å²) in [5.74, 6) is 0. The Labute approximate surface area is 84.6 Å². The molecule has 0 aromatic carbocycles. The smallest absolute Gasteiger partial charge is 0.0953 e. The van der Waals surface area contributed by atoms with Crippen molar-refractivity contribution in [3.63, 3.8) is 0 Å². The van der Waals surface area contributed by atoms with Crippen molar-refractivity contribution in [1.29, 1.82) is 0 Å². The minimum absolute atomic E-state index is 0.123. The van der Waals surface area contributed by atoms with E-state index in [-0.39, 0.29) is 6.04 Å². The summed E-state index contributed by atoms with van der Waals surface area (Å²) in [7, 11) is 0. The third kappa shape index (κ3) is 1.87. The molecule has 1 aliphatic carbocycles. The topological polar surface area (TPSA) is 43.8 Å². The van der Waals surface area contributed by atoms with Crippen LogP contribution in [0.25, 0.3) is 6.08 Å². The molecule has 1 aliphatic rings. The van der Waals surface area contributed by atoms with Gasteiger partial charge >= 0.3 is 0 Å². The summed E-state index contributed by atoms with van der Waals surface area (Å²) in [5, 5.41) is 0. The lowest BCUT2D eigenvalue weighted by molar-refractivity contribution is 0.732. The Morgan fingerprint density at radius 1 is 1.71 bits per heavy atom. The lowest BCUT2D eigenvalue weighted by atomic mass is 10.1. The van der Waals surface area contributed by atoms with E-state index < -0.39 is 0 Å². The molecule has 3 heteroatoms. The molecule has 1 aromatic rings. The summed E-state index contributed by atoms with van der Waals surface area (Å²) in [6.07, 6.45) is 8.53. The number of imidazole rings is 1. The second-order valence-corrected chi connectivity index (χ2v) is 4.13. The molecule has 76 valence electrons. The first-order valence-electron chi connectivity index (χ1n) is 5.14. The molecular formula is C11H17N3. The highest BCUT2D eigenvalue weighted by Gasteiger charge is 2.24. The maximum atomic E-state index is 5.80. The van der Waals surface area contributed by atoms with Crippen molar-refractivity contribution in [2.45, 2.75) is 38.8 Å². The summed E-state index contributed by atoms with van der Waals surface area (Å²) in [5.41, 5.74) is 8.18. The van der Waals surface area contributed by atoms with Crippen LogP contribution >= 0.6 is 0 Å². The molecule has 0 amide bonds. The van der Waals surface area contributed by atoms with Crippen molar-refractivity contribution in [3.8, 4) is 0 Å². The van der Waals surface area contributed by atoms with Gasteiger partial charge in [-0.2, -0.15) is 0 Å². The van der Waals surface area contributed by atoms with Gasteiger partial charge in [-0.05, 0) is 32.8 Å². The maximum absolute atomic E-state index is 5.80. The average molecular weight is 191 g/mol. The lowest BCUT2D eigenvalue weighted by Gasteiger charge is -2.07. The zero-order valence-corrected chi connectivity index (χ0v) is 8.77. The molecule has 1 heterocycles. The number of aromatic nitrogens is 2. The summed E-state index contributed by atoms with van der Waals surface area (Å²) in [6.45, 7) is 4.07. The Bertz CT molecular complexity index is 345. The predicted octanol–water partition coefficient (Wildman–Crippen LogP) is 1.97. The fraction of sp³-hybridized carbons (Fsp3) is 0.545. The van der Waals surface area contributed by atoms with Crippen LogP contribution < -0.4 is 5.73 Å². The predicted molar refractivity (Wildman–Crippen MR) is 57.8 cm³/mol. The van der Waals surface area contributed by atoms with E-state index >= 15 is 0 Å². The molecule has 0 saturated heterocycles. The molecule has 1 atom stereocenters. The Morgan fingerprint density at radius 3 is 3.00 bits per heavy atom. The summed E-state index contributed by atoms with van der Waals surface area (Å²) >= 11 is 0. The van der Waals surface area contributed by atoms with Crippen molar-refractivity contribution >= 4 is 6.08 Å². The highest BCUT2D eigenvalue weighted by molar-refractivity contribution is 5.49. The lowest BCUT2D eigenvalue weighted by Crippen LogP contribution is -2.15. The molecule has 0 bridgehead atoms. The summed E-state index contributed by atoms with van der Waals surface area (Å²) < 4.78 is 2.24. The van der Waals surface area contributed by atoms with Gasteiger partial charge in [-0.25, -0.2) is 4.98 Å². The van der Waals surface area contributed by atoms with E-state index in [9.17, 15) is 0 Å². The van der Waals surface area contributed by atoms with Gasteiger partial charge in [0.25, 0.3) is 0 Å². The van der Waals surface area contributed by atoms with Gasteiger partial charge in [0.15, 0.2) is 0 Å². The molecular weight excluding hydrogens is 174 g/mol. The second-order valence-electron chi connectivity index (χ2n) is 4.13. The van der Waals surface area contributed by atoms with E-state index in [1.54, 1.807) is 0 Å². The molecule has 14 heavy (non-hydrogen) atoms. The van der Waals surface area contributed by atoms with Crippen LogP contribution in [0.15, 0.2) is 18.1 Å². The molecule has 3 nitrogen and oxygen atoms in total. The molecule has 0 spiro atoms. The molecule has 1 aromatic heterocycles. The molecule has 1 fully saturated rings. The fourth-order valence-electron chi connectivity index (χ4n) is 1.45. The minimum atomic E-state index is 0.123. The van der Waals surface area contributed by atoms with Crippen LogP contribution in [-0.2, 0) is 0 Å². The number of nitrogens with two attached hydrogens (primary N) is 1. The highest BCUT2D eigenvalue weighted by atomic mass is 15.1. The van der Waals surface area contributed by atoms with Gasteiger partial charge in [-0.15, -0.1) is 0 Å². The van der Waals surface area contributed by atoms with E-state index in [4.69, 9.17) is 5.73 Å². The van der Waals surface area contributed by atoms with Gasteiger partial charge < -0.3 is 10.3 Å². The largest absolute Gasteiger partial charge is 0.328 e. The normalized spacial score (nSPS) is 19.8. The first-order chi connectivity index (χ1) is 6.68. The molecule has 1 saturated carbocycles. The van der Waals surface area contributed by atoms with Crippen molar-refractivity contribution < 1.29 is 0 Å². The van der Waals surface area contributed by atoms with Crippen molar-refractivity contribution in [1.82, 2.24) is 9.55 Å². The third-order valence-corrected chi connectivity index (χ3v) is 2.73. The van der Waals surface area contributed by atoms with E-state index in [0.29, 0.717) is 6.04 Å².